The Kier molecular flexibility index (Phi) is 5.71. The number of fused-ring (bicyclic) bond motifs is 1. The van der Waals surface area contributed by atoms with Crippen molar-refractivity contribution < 1.29 is 17.9 Å². The van der Waals surface area contributed by atoms with Gasteiger partial charge in [0.1, 0.15) is 11.6 Å². The summed E-state index contributed by atoms with van der Waals surface area (Å²) in [5.74, 6) is -0.325. The third kappa shape index (κ3) is 4.37. The number of piperidine rings is 1. The first-order valence-corrected chi connectivity index (χ1v) is 10.9. The van der Waals surface area contributed by atoms with Crippen LogP contribution in [0, 0.1) is 5.92 Å². The Morgan fingerprint density at radius 3 is 2.72 bits per heavy atom. The molecular formula is C17H22N2O4S2. The minimum atomic E-state index is -3.18. The third-order valence-corrected chi connectivity index (χ3v) is 7.40. The molecule has 1 aromatic carbocycles. The molecule has 6 nitrogen and oxygen atoms in total. The Morgan fingerprint density at radius 1 is 1.32 bits per heavy atom. The molecule has 0 spiro atoms. The van der Waals surface area contributed by atoms with E-state index in [1.807, 2.05) is 31.2 Å². The Labute approximate surface area is 151 Å². The number of hydrogen-bond donors (Lipinski definition) is 0. The lowest BCUT2D eigenvalue weighted by molar-refractivity contribution is -0.151. The first-order valence-electron chi connectivity index (χ1n) is 8.48. The van der Waals surface area contributed by atoms with Gasteiger partial charge in [0.25, 0.3) is 0 Å². The number of thiazole rings is 1. The van der Waals surface area contributed by atoms with E-state index in [9.17, 15) is 13.2 Å². The van der Waals surface area contributed by atoms with Gasteiger partial charge in [0.2, 0.25) is 10.0 Å². The number of para-hydroxylation sites is 1. The zero-order valence-electron chi connectivity index (χ0n) is 14.2. The number of aromatic nitrogens is 1. The van der Waals surface area contributed by atoms with Gasteiger partial charge < -0.3 is 4.74 Å². The third-order valence-electron chi connectivity index (χ3n) is 4.32. The average Bonchev–Trinajstić information content (AvgIpc) is 3.02. The van der Waals surface area contributed by atoms with Gasteiger partial charge in [0.15, 0.2) is 0 Å². The fourth-order valence-electron chi connectivity index (χ4n) is 2.99. The molecule has 0 saturated carbocycles. The van der Waals surface area contributed by atoms with Crippen LogP contribution in [0.2, 0.25) is 0 Å². The zero-order valence-corrected chi connectivity index (χ0v) is 15.8. The molecule has 0 N–H and O–H groups in total. The molecule has 3 rings (SSSR count). The van der Waals surface area contributed by atoms with Crippen LogP contribution in [0.15, 0.2) is 24.3 Å². The maximum Gasteiger partial charge on any atom is 0.309 e. The van der Waals surface area contributed by atoms with Gasteiger partial charge in [-0.2, -0.15) is 0 Å². The number of rotatable bonds is 6. The van der Waals surface area contributed by atoms with Crippen molar-refractivity contribution in [3.8, 4) is 0 Å². The molecule has 8 heteroatoms. The number of esters is 1. The van der Waals surface area contributed by atoms with Crippen molar-refractivity contribution in [1.29, 1.82) is 0 Å². The van der Waals surface area contributed by atoms with E-state index in [1.165, 1.54) is 15.6 Å². The summed E-state index contributed by atoms with van der Waals surface area (Å²) in [4.78, 5) is 16.7. The zero-order chi connectivity index (χ0) is 17.9. The summed E-state index contributed by atoms with van der Waals surface area (Å²) in [5, 5.41) is 0.775. The van der Waals surface area contributed by atoms with Crippen molar-refractivity contribution in [1.82, 2.24) is 9.29 Å². The minimum absolute atomic E-state index is 0.166. The van der Waals surface area contributed by atoms with E-state index in [2.05, 4.69) is 4.98 Å². The van der Waals surface area contributed by atoms with Gasteiger partial charge in [-0.3, -0.25) is 4.79 Å². The van der Waals surface area contributed by atoms with Crippen molar-refractivity contribution in [2.75, 3.05) is 18.8 Å². The van der Waals surface area contributed by atoms with Crippen molar-refractivity contribution in [3.05, 3.63) is 29.3 Å². The summed E-state index contributed by atoms with van der Waals surface area (Å²) < 4.78 is 32.1. The first kappa shape index (κ1) is 18.3. The normalized spacial score (nSPS) is 17.0. The number of ether oxygens (including phenoxy) is 1. The van der Waals surface area contributed by atoms with E-state index in [0.29, 0.717) is 32.4 Å². The molecular weight excluding hydrogens is 360 g/mol. The molecule has 1 aromatic heterocycles. The molecule has 2 aromatic rings. The molecule has 0 aliphatic carbocycles. The highest BCUT2D eigenvalue weighted by Gasteiger charge is 2.31. The second-order valence-electron chi connectivity index (χ2n) is 6.17. The summed E-state index contributed by atoms with van der Waals surface area (Å²) in [5.41, 5.74) is 0.910. The molecule has 0 amide bonds. The standard InChI is InChI=1S/C17H22N2O4S2/c1-2-11-25(21,22)19-9-7-13(8-10-19)17(20)23-12-16-18-14-5-3-4-6-15(14)24-16/h3-6,13H,2,7-12H2,1H3. The largest absolute Gasteiger partial charge is 0.458 e. The molecule has 1 saturated heterocycles. The second kappa shape index (κ2) is 7.80. The fourth-order valence-corrected chi connectivity index (χ4v) is 5.41. The van der Waals surface area contributed by atoms with Gasteiger partial charge >= 0.3 is 5.97 Å². The molecule has 2 heterocycles. The van der Waals surface area contributed by atoms with Crippen LogP contribution in [-0.4, -0.2) is 42.5 Å². The lowest BCUT2D eigenvalue weighted by Gasteiger charge is -2.29. The number of carbonyl (C=O) groups is 1. The van der Waals surface area contributed by atoms with Gasteiger partial charge in [0, 0.05) is 13.1 Å². The van der Waals surface area contributed by atoms with E-state index < -0.39 is 10.0 Å². The quantitative estimate of drug-likeness (QED) is 0.718. The Hall–Kier alpha value is -1.51. The highest BCUT2D eigenvalue weighted by molar-refractivity contribution is 7.89. The number of sulfonamides is 1. The van der Waals surface area contributed by atoms with Crippen LogP contribution < -0.4 is 0 Å². The smallest absolute Gasteiger partial charge is 0.309 e. The van der Waals surface area contributed by atoms with Gasteiger partial charge in [0.05, 0.1) is 21.9 Å². The number of hydrogen-bond acceptors (Lipinski definition) is 6. The van der Waals surface area contributed by atoms with E-state index in [1.54, 1.807) is 0 Å². The highest BCUT2D eigenvalue weighted by Crippen LogP contribution is 2.24. The number of carbonyl (C=O) groups excluding carboxylic acids is 1. The molecule has 0 unspecified atom stereocenters. The molecule has 136 valence electrons. The van der Waals surface area contributed by atoms with E-state index in [-0.39, 0.29) is 24.2 Å². The summed E-state index contributed by atoms with van der Waals surface area (Å²) in [6, 6.07) is 7.81. The number of nitrogens with zero attached hydrogens (tertiary/aromatic N) is 2. The molecule has 0 atom stereocenters. The maximum atomic E-state index is 12.3. The predicted octanol–water partition coefficient (Wildman–Crippen LogP) is 2.79. The molecule has 1 aliphatic heterocycles. The summed E-state index contributed by atoms with van der Waals surface area (Å²) in [6.45, 7) is 2.81. The van der Waals surface area contributed by atoms with Crippen molar-refractivity contribution >= 4 is 37.5 Å². The van der Waals surface area contributed by atoms with Crippen LogP contribution in [0.5, 0.6) is 0 Å². The lowest BCUT2D eigenvalue weighted by Crippen LogP contribution is -2.41. The lowest BCUT2D eigenvalue weighted by atomic mass is 9.98. The van der Waals surface area contributed by atoms with Gasteiger partial charge in [-0.05, 0) is 31.4 Å². The van der Waals surface area contributed by atoms with Gasteiger partial charge in [-0.1, -0.05) is 19.1 Å². The van der Waals surface area contributed by atoms with Crippen molar-refractivity contribution in [2.45, 2.75) is 32.8 Å². The van der Waals surface area contributed by atoms with E-state index in [0.717, 1.165) is 15.2 Å². The van der Waals surface area contributed by atoms with Crippen LogP contribution in [0.25, 0.3) is 10.2 Å². The monoisotopic (exact) mass is 382 g/mol. The van der Waals surface area contributed by atoms with Gasteiger partial charge in [-0.15, -0.1) is 11.3 Å². The molecule has 1 aliphatic rings. The van der Waals surface area contributed by atoms with Crippen LogP contribution in [-0.2, 0) is 26.2 Å². The van der Waals surface area contributed by atoms with Crippen molar-refractivity contribution in [3.63, 3.8) is 0 Å². The topological polar surface area (TPSA) is 76.6 Å². The Morgan fingerprint density at radius 2 is 2.04 bits per heavy atom. The van der Waals surface area contributed by atoms with E-state index >= 15 is 0 Å². The Bertz CT molecular complexity index is 806. The van der Waals surface area contributed by atoms with Crippen LogP contribution in [0.3, 0.4) is 0 Å². The molecule has 1 fully saturated rings. The van der Waals surface area contributed by atoms with Crippen LogP contribution >= 0.6 is 11.3 Å². The summed E-state index contributed by atoms with van der Waals surface area (Å²) in [6.07, 6.45) is 1.63. The van der Waals surface area contributed by atoms with E-state index in [4.69, 9.17) is 4.74 Å². The summed E-state index contributed by atoms with van der Waals surface area (Å²) >= 11 is 1.52. The maximum absolute atomic E-state index is 12.3. The summed E-state index contributed by atoms with van der Waals surface area (Å²) in [7, 11) is -3.18. The van der Waals surface area contributed by atoms with Gasteiger partial charge in [-0.25, -0.2) is 17.7 Å². The molecule has 0 bridgehead atoms. The van der Waals surface area contributed by atoms with Crippen molar-refractivity contribution in [2.24, 2.45) is 5.92 Å². The average molecular weight is 383 g/mol. The first-order chi connectivity index (χ1) is 12.0. The minimum Gasteiger partial charge on any atom is -0.458 e. The second-order valence-corrected chi connectivity index (χ2v) is 9.38. The molecule has 25 heavy (non-hydrogen) atoms. The van der Waals surface area contributed by atoms with Crippen LogP contribution in [0.4, 0.5) is 0 Å². The predicted molar refractivity (Wildman–Crippen MR) is 97.8 cm³/mol. The molecule has 0 radical (unpaired) electrons. The Balaban J connectivity index is 1.51. The van der Waals surface area contributed by atoms with Crippen LogP contribution in [0.1, 0.15) is 31.2 Å². The SMILES string of the molecule is CCCS(=O)(=O)N1CCC(C(=O)OCc2nc3ccccc3s2)CC1. The number of benzene rings is 1. The highest BCUT2D eigenvalue weighted by atomic mass is 32.2. The fraction of sp³-hybridized carbons (Fsp3) is 0.529.